The molecule has 1 aliphatic rings. The Labute approximate surface area is 191 Å². The normalized spacial score (nSPS) is 14.6. The van der Waals surface area contributed by atoms with E-state index in [9.17, 15) is 18.0 Å². The number of halogens is 1. The molecule has 1 fully saturated rings. The molecule has 9 heteroatoms. The molecule has 1 saturated carbocycles. The van der Waals surface area contributed by atoms with E-state index in [1.165, 1.54) is 6.42 Å². The number of hydrogen-bond acceptors (Lipinski definition) is 4. The predicted octanol–water partition coefficient (Wildman–Crippen LogP) is 3.92. The molecule has 7 nitrogen and oxygen atoms in total. The minimum absolute atomic E-state index is 0.141. The zero-order chi connectivity index (χ0) is 22.4. The number of hydrogen-bond donors (Lipinski definition) is 2. The highest BCUT2D eigenvalue weighted by Gasteiger charge is 2.23. The van der Waals surface area contributed by atoms with Crippen molar-refractivity contribution < 1.29 is 18.0 Å². The first-order valence-electron chi connectivity index (χ1n) is 10.2. The van der Waals surface area contributed by atoms with Crippen LogP contribution in [-0.2, 0) is 14.8 Å². The number of para-hydroxylation sites is 1. The van der Waals surface area contributed by atoms with Gasteiger partial charge in [-0.1, -0.05) is 53.4 Å². The molecular weight excluding hydrogens is 482 g/mol. The van der Waals surface area contributed by atoms with Crippen molar-refractivity contribution in [1.29, 1.82) is 0 Å². The van der Waals surface area contributed by atoms with E-state index < -0.39 is 22.5 Å². The third-order valence-electron chi connectivity index (χ3n) is 5.17. The fourth-order valence-corrected chi connectivity index (χ4v) is 4.89. The van der Waals surface area contributed by atoms with Gasteiger partial charge in [0.05, 0.1) is 23.2 Å². The maximum atomic E-state index is 12.8. The summed E-state index contributed by atoms with van der Waals surface area (Å²) in [6.07, 6.45) is 6.34. The van der Waals surface area contributed by atoms with Gasteiger partial charge in [0.2, 0.25) is 15.9 Å². The van der Waals surface area contributed by atoms with Crippen LogP contribution in [0.2, 0.25) is 0 Å². The molecular formula is C22H26BrN3O4S. The number of nitrogens with one attached hydrogen (secondary N) is 2. The first-order valence-corrected chi connectivity index (χ1v) is 12.8. The van der Waals surface area contributed by atoms with Crippen LogP contribution in [0.3, 0.4) is 0 Å². The van der Waals surface area contributed by atoms with Gasteiger partial charge in [0.1, 0.15) is 6.54 Å². The van der Waals surface area contributed by atoms with Crippen molar-refractivity contribution >= 4 is 49.1 Å². The van der Waals surface area contributed by atoms with Crippen LogP contribution in [-0.4, -0.2) is 39.1 Å². The molecule has 166 valence electrons. The van der Waals surface area contributed by atoms with Crippen molar-refractivity contribution in [3.63, 3.8) is 0 Å². The lowest BCUT2D eigenvalue weighted by molar-refractivity contribution is -0.114. The number of rotatable bonds is 7. The molecule has 0 unspecified atom stereocenters. The Balaban J connectivity index is 1.74. The Morgan fingerprint density at radius 3 is 2.45 bits per heavy atom. The molecule has 31 heavy (non-hydrogen) atoms. The standard InChI is InChI=1S/C22H26BrN3O4S/c1-31(29,30)26(18-11-7-8-16(23)14-18)15-21(27)25-20-13-6-5-12-19(20)22(28)24-17-9-3-2-4-10-17/h5-8,11-14,17H,2-4,9-10,15H2,1H3,(H,24,28)(H,25,27). The Bertz CT molecular complexity index is 1050. The molecule has 0 aliphatic heterocycles. The molecule has 2 amide bonds. The lowest BCUT2D eigenvalue weighted by Gasteiger charge is -2.24. The van der Waals surface area contributed by atoms with Gasteiger partial charge in [-0.2, -0.15) is 0 Å². The number of nitrogens with zero attached hydrogens (tertiary/aromatic N) is 1. The number of carbonyl (C=O) groups is 2. The molecule has 3 rings (SSSR count). The second-order valence-electron chi connectivity index (χ2n) is 7.65. The number of sulfonamides is 1. The van der Waals surface area contributed by atoms with Crippen LogP contribution in [0, 0.1) is 0 Å². The summed E-state index contributed by atoms with van der Waals surface area (Å²) in [5.74, 6) is -0.780. The summed E-state index contributed by atoms with van der Waals surface area (Å²) in [5.41, 5.74) is 1.08. The fraction of sp³-hybridized carbons (Fsp3) is 0.364. The van der Waals surface area contributed by atoms with Crippen LogP contribution in [0.25, 0.3) is 0 Å². The zero-order valence-corrected chi connectivity index (χ0v) is 19.7. The summed E-state index contributed by atoms with van der Waals surface area (Å²) in [6.45, 7) is -0.409. The second-order valence-corrected chi connectivity index (χ2v) is 10.5. The summed E-state index contributed by atoms with van der Waals surface area (Å²) in [7, 11) is -3.70. The van der Waals surface area contributed by atoms with Crippen LogP contribution < -0.4 is 14.9 Å². The first kappa shape index (κ1) is 23.3. The van der Waals surface area contributed by atoms with Gasteiger partial charge in [-0.15, -0.1) is 0 Å². The first-order chi connectivity index (χ1) is 14.7. The summed E-state index contributed by atoms with van der Waals surface area (Å²) < 4.78 is 26.3. The maximum absolute atomic E-state index is 12.8. The van der Waals surface area contributed by atoms with E-state index in [1.54, 1.807) is 48.5 Å². The van der Waals surface area contributed by atoms with E-state index in [1.807, 2.05) is 0 Å². The third kappa shape index (κ3) is 6.54. The second kappa shape index (κ2) is 10.3. The van der Waals surface area contributed by atoms with Crippen LogP contribution in [0.4, 0.5) is 11.4 Å². The van der Waals surface area contributed by atoms with Gasteiger partial charge in [0.15, 0.2) is 0 Å². The Kier molecular flexibility index (Phi) is 7.72. The van der Waals surface area contributed by atoms with Crippen molar-refractivity contribution in [2.75, 3.05) is 22.4 Å². The molecule has 0 radical (unpaired) electrons. The van der Waals surface area contributed by atoms with Gasteiger partial charge >= 0.3 is 0 Å². The third-order valence-corrected chi connectivity index (χ3v) is 6.80. The number of benzene rings is 2. The van der Waals surface area contributed by atoms with Crippen LogP contribution in [0.5, 0.6) is 0 Å². The number of anilines is 2. The molecule has 0 bridgehead atoms. The largest absolute Gasteiger partial charge is 0.349 e. The minimum Gasteiger partial charge on any atom is -0.349 e. The molecule has 0 heterocycles. The maximum Gasteiger partial charge on any atom is 0.253 e. The smallest absolute Gasteiger partial charge is 0.253 e. The summed E-state index contributed by atoms with van der Waals surface area (Å²) in [4.78, 5) is 25.5. The summed E-state index contributed by atoms with van der Waals surface area (Å²) >= 11 is 3.32. The van der Waals surface area contributed by atoms with Crippen molar-refractivity contribution in [2.45, 2.75) is 38.1 Å². The van der Waals surface area contributed by atoms with Crippen molar-refractivity contribution in [3.8, 4) is 0 Å². The lowest BCUT2D eigenvalue weighted by Crippen LogP contribution is -2.38. The Morgan fingerprint density at radius 1 is 1.06 bits per heavy atom. The fourth-order valence-electron chi connectivity index (χ4n) is 3.65. The summed E-state index contributed by atoms with van der Waals surface area (Å²) in [6, 6.07) is 13.6. The zero-order valence-electron chi connectivity index (χ0n) is 17.3. The predicted molar refractivity (Wildman–Crippen MR) is 126 cm³/mol. The van der Waals surface area contributed by atoms with E-state index in [-0.39, 0.29) is 11.9 Å². The van der Waals surface area contributed by atoms with Gasteiger partial charge in [-0.05, 0) is 43.2 Å². The number of amides is 2. The van der Waals surface area contributed by atoms with Gasteiger partial charge in [0, 0.05) is 10.5 Å². The van der Waals surface area contributed by atoms with E-state index >= 15 is 0 Å². The molecule has 0 saturated heterocycles. The van der Waals surface area contributed by atoms with Crippen molar-refractivity contribution in [2.24, 2.45) is 0 Å². The minimum atomic E-state index is -3.70. The van der Waals surface area contributed by atoms with E-state index in [4.69, 9.17) is 0 Å². The van der Waals surface area contributed by atoms with Crippen LogP contribution >= 0.6 is 15.9 Å². The molecule has 2 aromatic rings. The highest BCUT2D eigenvalue weighted by atomic mass is 79.9. The van der Waals surface area contributed by atoms with Gasteiger partial charge < -0.3 is 10.6 Å². The quantitative estimate of drug-likeness (QED) is 0.593. The highest BCUT2D eigenvalue weighted by molar-refractivity contribution is 9.10. The molecule has 2 N–H and O–H groups in total. The summed E-state index contributed by atoms with van der Waals surface area (Å²) in [5, 5.41) is 5.74. The van der Waals surface area contributed by atoms with Gasteiger partial charge in [-0.3, -0.25) is 13.9 Å². The molecule has 0 aromatic heterocycles. The average Bonchev–Trinajstić information content (AvgIpc) is 2.72. The van der Waals surface area contributed by atoms with E-state index in [0.29, 0.717) is 21.4 Å². The van der Waals surface area contributed by atoms with Gasteiger partial charge in [0.25, 0.3) is 5.91 Å². The van der Waals surface area contributed by atoms with Crippen molar-refractivity contribution in [1.82, 2.24) is 5.32 Å². The van der Waals surface area contributed by atoms with Crippen LogP contribution in [0.15, 0.2) is 53.0 Å². The van der Waals surface area contributed by atoms with E-state index in [2.05, 4.69) is 26.6 Å². The molecule has 2 aromatic carbocycles. The SMILES string of the molecule is CS(=O)(=O)N(CC(=O)Nc1ccccc1C(=O)NC1CCCCC1)c1cccc(Br)c1. The Hall–Kier alpha value is -2.39. The number of carbonyl (C=O) groups excluding carboxylic acids is 2. The Morgan fingerprint density at radius 2 is 1.77 bits per heavy atom. The molecule has 0 atom stereocenters. The average molecular weight is 508 g/mol. The molecule has 0 spiro atoms. The lowest BCUT2D eigenvalue weighted by atomic mass is 9.95. The van der Waals surface area contributed by atoms with Gasteiger partial charge in [-0.25, -0.2) is 8.42 Å². The highest BCUT2D eigenvalue weighted by Crippen LogP contribution is 2.23. The molecule has 1 aliphatic carbocycles. The van der Waals surface area contributed by atoms with E-state index in [0.717, 1.165) is 36.2 Å². The van der Waals surface area contributed by atoms with Crippen molar-refractivity contribution in [3.05, 3.63) is 58.6 Å². The monoisotopic (exact) mass is 507 g/mol. The topological polar surface area (TPSA) is 95.6 Å². The van der Waals surface area contributed by atoms with Crippen LogP contribution in [0.1, 0.15) is 42.5 Å².